The molecule has 1 amide bonds. The van der Waals surface area contributed by atoms with Crippen molar-refractivity contribution in [1.82, 2.24) is 4.90 Å². The van der Waals surface area contributed by atoms with Gasteiger partial charge in [0.1, 0.15) is 6.61 Å². The molecule has 1 N–H and O–H groups in total. The van der Waals surface area contributed by atoms with E-state index in [9.17, 15) is 14.7 Å². The van der Waals surface area contributed by atoms with Gasteiger partial charge in [-0.2, -0.15) is 0 Å². The van der Waals surface area contributed by atoms with Crippen molar-refractivity contribution in [3.05, 3.63) is 23.8 Å². The normalized spacial score (nSPS) is 21.6. The lowest BCUT2D eigenvalue weighted by molar-refractivity contribution is -0.142. The van der Waals surface area contributed by atoms with E-state index < -0.39 is 11.9 Å². The minimum absolute atomic E-state index is 0.0798. The van der Waals surface area contributed by atoms with Crippen LogP contribution in [-0.4, -0.2) is 68.7 Å². The number of rotatable bonds is 7. The third-order valence-electron chi connectivity index (χ3n) is 4.47. The average molecular weight is 351 g/mol. The van der Waals surface area contributed by atoms with E-state index in [0.717, 1.165) is 5.56 Å². The van der Waals surface area contributed by atoms with E-state index in [1.165, 1.54) is 0 Å². The molecule has 0 aromatic heterocycles. The maximum absolute atomic E-state index is 12.3. The molecule has 1 saturated heterocycles. The molecule has 1 aromatic rings. The highest BCUT2D eigenvalue weighted by atomic mass is 16.7. The van der Waals surface area contributed by atoms with E-state index in [1.807, 2.05) is 6.07 Å². The van der Waals surface area contributed by atoms with Crippen LogP contribution < -0.4 is 9.47 Å². The number of aliphatic carboxylic acids is 1. The van der Waals surface area contributed by atoms with Crippen LogP contribution >= 0.6 is 0 Å². The molecule has 0 aliphatic carbocycles. The van der Waals surface area contributed by atoms with Crippen molar-refractivity contribution in [2.45, 2.75) is 5.92 Å². The molecule has 3 rings (SSSR count). The fourth-order valence-electron chi connectivity index (χ4n) is 3.13. The molecule has 2 aliphatic heterocycles. The lowest BCUT2D eigenvalue weighted by Crippen LogP contribution is -2.33. The molecule has 0 radical (unpaired) electrons. The molecule has 1 aromatic carbocycles. The number of benzene rings is 1. The molecule has 2 aliphatic rings. The van der Waals surface area contributed by atoms with Crippen LogP contribution in [0.25, 0.3) is 0 Å². The Morgan fingerprint density at radius 3 is 2.80 bits per heavy atom. The number of hydrogen-bond donors (Lipinski definition) is 1. The number of carboxylic acid groups (broad SMARTS) is 1. The highest BCUT2D eigenvalue weighted by Crippen LogP contribution is 2.39. The summed E-state index contributed by atoms with van der Waals surface area (Å²) < 4.78 is 20.8. The Bertz CT molecular complexity index is 648. The molecular weight excluding hydrogens is 330 g/mol. The topological polar surface area (TPSA) is 94.5 Å². The highest BCUT2D eigenvalue weighted by Gasteiger charge is 2.40. The van der Waals surface area contributed by atoms with Crippen LogP contribution in [0.5, 0.6) is 11.5 Å². The van der Waals surface area contributed by atoms with Gasteiger partial charge in [-0.1, -0.05) is 6.07 Å². The second kappa shape index (κ2) is 7.71. The minimum Gasteiger partial charge on any atom is -0.481 e. The Labute approximate surface area is 145 Å². The van der Waals surface area contributed by atoms with E-state index in [2.05, 4.69) is 0 Å². The smallest absolute Gasteiger partial charge is 0.308 e. The van der Waals surface area contributed by atoms with Gasteiger partial charge in [-0.15, -0.1) is 0 Å². The number of ether oxygens (including phenoxy) is 4. The van der Waals surface area contributed by atoms with Crippen LogP contribution in [0.3, 0.4) is 0 Å². The maximum atomic E-state index is 12.3. The summed E-state index contributed by atoms with van der Waals surface area (Å²) in [5.74, 6) is -0.843. The van der Waals surface area contributed by atoms with Gasteiger partial charge < -0.3 is 29.0 Å². The van der Waals surface area contributed by atoms with Crippen molar-refractivity contribution >= 4 is 11.9 Å². The summed E-state index contributed by atoms with van der Waals surface area (Å²) >= 11 is 0. The van der Waals surface area contributed by atoms with Crippen LogP contribution in [0.2, 0.25) is 0 Å². The molecule has 136 valence electrons. The molecule has 0 bridgehead atoms. The summed E-state index contributed by atoms with van der Waals surface area (Å²) in [4.78, 5) is 25.5. The number of nitrogens with zero attached hydrogens (tertiary/aromatic N) is 1. The lowest BCUT2D eigenvalue weighted by atomic mass is 9.89. The molecule has 0 unspecified atom stereocenters. The first kappa shape index (κ1) is 17.5. The first-order chi connectivity index (χ1) is 12.1. The standard InChI is InChI=1S/C17H21NO7/c1-22-4-5-23-9-16(19)18-7-12(13(8-18)17(20)21)11-2-3-14-15(6-11)25-10-24-14/h2-3,6,12-13H,4-5,7-10H2,1H3,(H,20,21)/t12-,13+/m1/s1. The summed E-state index contributed by atoms with van der Waals surface area (Å²) in [6, 6.07) is 5.40. The van der Waals surface area contributed by atoms with Gasteiger partial charge in [-0.25, -0.2) is 0 Å². The summed E-state index contributed by atoms with van der Waals surface area (Å²) in [6.45, 7) is 1.32. The second-order valence-electron chi connectivity index (χ2n) is 6.01. The van der Waals surface area contributed by atoms with Gasteiger partial charge in [0.15, 0.2) is 11.5 Å². The maximum Gasteiger partial charge on any atom is 0.308 e. The SMILES string of the molecule is COCCOCC(=O)N1C[C@H](C(=O)O)[C@@H](c2ccc3c(c2)OCO3)C1. The first-order valence-electron chi connectivity index (χ1n) is 8.07. The largest absolute Gasteiger partial charge is 0.481 e. The molecule has 0 spiro atoms. The summed E-state index contributed by atoms with van der Waals surface area (Å²) in [6.07, 6.45) is 0. The van der Waals surface area contributed by atoms with Crippen LogP contribution in [0.15, 0.2) is 18.2 Å². The molecule has 2 heterocycles. The van der Waals surface area contributed by atoms with Crippen LogP contribution in [0.1, 0.15) is 11.5 Å². The van der Waals surface area contributed by atoms with Crippen molar-refractivity contribution in [3.8, 4) is 11.5 Å². The molecule has 2 atom stereocenters. The third-order valence-corrected chi connectivity index (χ3v) is 4.47. The number of hydrogen-bond acceptors (Lipinski definition) is 6. The number of methoxy groups -OCH3 is 1. The number of likely N-dealkylation sites (tertiary alicyclic amines) is 1. The molecular formula is C17H21NO7. The van der Waals surface area contributed by atoms with Gasteiger partial charge in [-0.05, 0) is 17.7 Å². The molecule has 8 heteroatoms. The fraction of sp³-hybridized carbons (Fsp3) is 0.529. The van der Waals surface area contributed by atoms with Gasteiger partial charge in [-0.3, -0.25) is 9.59 Å². The molecule has 8 nitrogen and oxygen atoms in total. The van der Waals surface area contributed by atoms with E-state index in [-0.39, 0.29) is 31.8 Å². The van der Waals surface area contributed by atoms with E-state index in [0.29, 0.717) is 31.3 Å². The number of carboxylic acids is 1. The van der Waals surface area contributed by atoms with E-state index >= 15 is 0 Å². The van der Waals surface area contributed by atoms with Crippen molar-refractivity contribution in [3.63, 3.8) is 0 Å². The number of carbonyl (C=O) groups is 2. The predicted octanol–water partition coefficient (Wildman–Crippen LogP) is 0.705. The predicted molar refractivity (Wildman–Crippen MR) is 85.7 cm³/mol. The van der Waals surface area contributed by atoms with Crippen molar-refractivity contribution < 1.29 is 33.6 Å². The van der Waals surface area contributed by atoms with Gasteiger partial charge in [0, 0.05) is 26.1 Å². The zero-order valence-electron chi connectivity index (χ0n) is 14.0. The van der Waals surface area contributed by atoms with Gasteiger partial charge >= 0.3 is 5.97 Å². The Hall–Kier alpha value is -2.32. The monoisotopic (exact) mass is 351 g/mol. The summed E-state index contributed by atoms with van der Waals surface area (Å²) in [7, 11) is 1.55. The van der Waals surface area contributed by atoms with E-state index in [4.69, 9.17) is 18.9 Å². The van der Waals surface area contributed by atoms with E-state index in [1.54, 1.807) is 24.1 Å². The first-order valence-corrected chi connectivity index (χ1v) is 8.07. The van der Waals surface area contributed by atoms with Gasteiger partial charge in [0.25, 0.3) is 0 Å². The zero-order chi connectivity index (χ0) is 17.8. The Kier molecular flexibility index (Phi) is 5.40. The lowest BCUT2D eigenvalue weighted by Gasteiger charge is -2.17. The van der Waals surface area contributed by atoms with Gasteiger partial charge in [0.2, 0.25) is 12.7 Å². The Morgan fingerprint density at radius 1 is 1.24 bits per heavy atom. The minimum atomic E-state index is -0.918. The van der Waals surface area contributed by atoms with Crippen LogP contribution in [0, 0.1) is 5.92 Å². The number of fused-ring (bicyclic) bond motifs is 1. The zero-order valence-corrected chi connectivity index (χ0v) is 14.0. The summed E-state index contributed by atoms with van der Waals surface area (Å²) in [5, 5.41) is 9.54. The molecule has 1 fully saturated rings. The number of amides is 1. The average Bonchev–Trinajstić information content (AvgIpc) is 3.24. The van der Waals surface area contributed by atoms with Crippen molar-refractivity contribution in [1.29, 1.82) is 0 Å². The highest BCUT2D eigenvalue weighted by molar-refractivity contribution is 5.80. The Balaban J connectivity index is 1.68. The fourth-order valence-corrected chi connectivity index (χ4v) is 3.13. The van der Waals surface area contributed by atoms with Crippen LogP contribution in [0.4, 0.5) is 0 Å². The van der Waals surface area contributed by atoms with Crippen molar-refractivity contribution in [2.75, 3.05) is 46.8 Å². The molecule has 0 saturated carbocycles. The Morgan fingerprint density at radius 2 is 2.04 bits per heavy atom. The third kappa shape index (κ3) is 3.85. The van der Waals surface area contributed by atoms with Crippen LogP contribution in [-0.2, 0) is 19.1 Å². The molecule has 25 heavy (non-hydrogen) atoms. The second-order valence-corrected chi connectivity index (χ2v) is 6.01. The van der Waals surface area contributed by atoms with Crippen molar-refractivity contribution in [2.24, 2.45) is 5.92 Å². The van der Waals surface area contributed by atoms with Gasteiger partial charge in [0.05, 0.1) is 19.1 Å². The number of carbonyl (C=O) groups excluding carboxylic acids is 1. The summed E-state index contributed by atoms with van der Waals surface area (Å²) in [5.41, 5.74) is 0.826. The quantitative estimate of drug-likeness (QED) is 0.723.